The number of fused-ring (bicyclic) bond motifs is 1. The van der Waals surface area contributed by atoms with Gasteiger partial charge in [-0.15, -0.1) is 0 Å². The molecular weight excluding hydrogens is 342 g/mol. The molecule has 3 aromatic rings. The van der Waals surface area contributed by atoms with Crippen molar-refractivity contribution in [3.8, 4) is 0 Å². The van der Waals surface area contributed by atoms with E-state index in [-0.39, 0.29) is 12.6 Å². The van der Waals surface area contributed by atoms with Crippen LogP contribution in [0.3, 0.4) is 0 Å². The van der Waals surface area contributed by atoms with Gasteiger partial charge in [0.2, 0.25) is 0 Å². The van der Waals surface area contributed by atoms with E-state index in [0.717, 1.165) is 27.5 Å². The third kappa shape index (κ3) is 3.21. The predicted molar refractivity (Wildman–Crippen MR) is 91.5 cm³/mol. The maximum atomic E-state index is 9.78. The van der Waals surface area contributed by atoms with Crippen LogP contribution in [0.15, 0.2) is 53.1 Å². The van der Waals surface area contributed by atoms with E-state index >= 15 is 0 Å². The first-order valence-corrected chi connectivity index (χ1v) is 7.95. The monoisotopic (exact) mass is 359 g/mol. The van der Waals surface area contributed by atoms with Crippen molar-refractivity contribution in [1.29, 1.82) is 0 Å². The van der Waals surface area contributed by atoms with Gasteiger partial charge in [0.1, 0.15) is 0 Å². The maximum Gasteiger partial charge on any atom is 0.0653 e. The zero-order chi connectivity index (χ0) is 15.5. The number of hydrogen-bond donors (Lipinski definition) is 2. The van der Waals surface area contributed by atoms with Crippen LogP contribution in [0.5, 0.6) is 0 Å². The first-order valence-electron chi connectivity index (χ1n) is 7.16. The molecule has 0 fully saturated rings. The number of halogens is 1. The molecule has 0 aliphatic carbocycles. The van der Waals surface area contributed by atoms with Crippen molar-refractivity contribution < 1.29 is 5.11 Å². The molecule has 1 heterocycles. The second kappa shape index (κ2) is 6.60. The molecule has 1 unspecified atom stereocenters. The molecule has 0 bridgehead atoms. The summed E-state index contributed by atoms with van der Waals surface area (Å²) < 4.78 is 1.02. The van der Waals surface area contributed by atoms with Gasteiger partial charge in [-0.3, -0.25) is 10.00 Å². The van der Waals surface area contributed by atoms with Gasteiger partial charge in [-0.2, -0.15) is 5.10 Å². The Bertz CT molecular complexity index is 771. The first-order chi connectivity index (χ1) is 10.7. The molecule has 0 amide bonds. The van der Waals surface area contributed by atoms with Gasteiger partial charge in [-0.05, 0) is 36.4 Å². The molecule has 0 saturated carbocycles. The van der Waals surface area contributed by atoms with Gasteiger partial charge in [-0.25, -0.2) is 0 Å². The Labute approximate surface area is 137 Å². The largest absolute Gasteiger partial charge is 0.394 e. The molecule has 2 aromatic carbocycles. The summed E-state index contributed by atoms with van der Waals surface area (Å²) in [6.45, 7) is 0.839. The number of hydrogen-bond acceptors (Lipinski definition) is 3. The number of likely N-dealkylation sites (N-methyl/N-ethyl adjacent to an activating group) is 1. The van der Waals surface area contributed by atoms with E-state index in [4.69, 9.17) is 0 Å². The average molecular weight is 360 g/mol. The topological polar surface area (TPSA) is 52.2 Å². The highest BCUT2D eigenvalue weighted by atomic mass is 79.9. The van der Waals surface area contributed by atoms with Gasteiger partial charge in [0, 0.05) is 16.4 Å². The maximum absolute atomic E-state index is 9.78. The van der Waals surface area contributed by atoms with Crippen LogP contribution in [0.4, 0.5) is 0 Å². The Kier molecular flexibility index (Phi) is 4.57. The molecular formula is C17H18BrN3O. The van der Waals surface area contributed by atoms with E-state index in [1.54, 1.807) is 0 Å². The van der Waals surface area contributed by atoms with Crippen molar-refractivity contribution >= 4 is 26.8 Å². The fraction of sp³-hybridized carbons (Fsp3) is 0.235. The third-order valence-corrected chi connectivity index (χ3v) is 4.37. The van der Waals surface area contributed by atoms with Crippen LogP contribution in [-0.2, 0) is 6.54 Å². The lowest BCUT2D eigenvalue weighted by atomic mass is 10.1. The van der Waals surface area contributed by atoms with E-state index < -0.39 is 0 Å². The fourth-order valence-corrected chi connectivity index (χ4v) is 3.11. The minimum Gasteiger partial charge on any atom is -0.394 e. The Morgan fingerprint density at radius 2 is 2.14 bits per heavy atom. The summed E-state index contributed by atoms with van der Waals surface area (Å²) in [5.41, 5.74) is 3.32. The highest BCUT2D eigenvalue weighted by Gasteiger charge is 2.16. The van der Waals surface area contributed by atoms with Crippen LogP contribution in [0.1, 0.15) is 17.2 Å². The molecule has 0 aliphatic heterocycles. The normalized spacial score (nSPS) is 12.9. The molecule has 114 valence electrons. The van der Waals surface area contributed by atoms with Crippen molar-refractivity contribution in [3.63, 3.8) is 0 Å². The lowest BCUT2D eigenvalue weighted by molar-refractivity contribution is 0.142. The molecule has 4 nitrogen and oxygen atoms in total. The van der Waals surface area contributed by atoms with Gasteiger partial charge < -0.3 is 5.11 Å². The lowest BCUT2D eigenvalue weighted by Crippen LogP contribution is -2.26. The average Bonchev–Trinajstić information content (AvgIpc) is 2.95. The van der Waals surface area contributed by atoms with E-state index in [9.17, 15) is 5.11 Å². The Hall–Kier alpha value is -1.69. The lowest BCUT2D eigenvalue weighted by Gasteiger charge is -2.27. The number of benzene rings is 2. The highest BCUT2D eigenvalue weighted by molar-refractivity contribution is 9.10. The van der Waals surface area contributed by atoms with Crippen molar-refractivity contribution in [2.75, 3.05) is 13.7 Å². The van der Waals surface area contributed by atoms with Crippen LogP contribution in [-0.4, -0.2) is 33.9 Å². The van der Waals surface area contributed by atoms with Crippen molar-refractivity contribution in [3.05, 3.63) is 64.3 Å². The second-order valence-corrected chi connectivity index (χ2v) is 6.38. The minimum absolute atomic E-state index is 0.0324. The zero-order valence-electron chi connectivity index (χ0n) is 12.3. The summed E-state index contributed by atoms with van der Waals surface area (Å²) in [5.74, 6) is 0. The second-order valence-electron chi connectivity index (χ2n) is 5.46. The highest BCUT2D eigenvalue weighted by Crippen LogP contribution is 2.24. The summed E-state index contributed by atoms with van der Waals surface area (Å²) >= 11 is 3.49. The van der Waals surface area contributed by atoms with E-state index in [2.05, 4.69) is 55.3 Å². The van der Waals surface area contributed by atoms with Gasteiger partial charge in [-0.1, -0.05) is 40.2 Å². The number of nitrogens with one attached hydrogen (secondary N) is 1. The number of aromatic nitrogens is 2. The Balaban J connectivity index is 1.80. The zero-order valence-corrected chi connectivity index (χ0v) is 13.9. The first kappa shape index (κ1) is 15.2. The van der Waals surface area contributed by atoms with Gasteiger partial charge >= 0.3 is 0 Å². The SMILES string of the molecule is CN(Cc1ccc2cn[nH]c2c1)C(CO)c1cccc(Br)c1. The number of aliphatic hydroxyl groups is 1. The van der Waals surface area contributed by atoms with Crippen molar-refractivity contribution in [2.45, 2.75) is 12.6 Å². The van der Waals surface area contributed by atoms with Crippen LogP contribution >= 0.6 is 15.9 Å². The smallest absolute Gasteiger partial charge is 0.0653 e. The summed E-state index contributed by atoms with van der Waals surface area (Å²) in [6.07, 6.45) is 1.82. The van der Waals surface area contributed by atoms with Crippen molar-refractivity contribution in [1.82, 2.24) is 15.1 Å². The molecule has 2 N–H and O–H groups in total. The molecule has 0 radical (unpaired) electrons. The standard InChI is InChI=1S/C17H18BrN3O/c1-21(17(11-22)13-3-2-4-15(18)8-13)10-12-5-6-14-9-19-20-16(14)7-12/h2-9,17,22H,10-11H2,1H3,(H,19,20). The minimum atomic E-state index is -0.0324. The molecule has 0 spiro atoms. The number of aliphatic hydroxyl groups excluding tert-OH is 1. The quantitative estimate of drug-likeness (QED) is 0.732. The van der Waals surface area contributed by atoms with Crippen LogP contribution < -0.4 is 0 Å². The van der Waals surface area contributed by atoms with E-state index in [0.29, 0.717) is 0 Å². The molecule has 22 heavy (non-hydrogen) atoms. The number of aromatic amines is 1. The summed E-state index contributed by atoms with van der Waals surface area (Å²) in [7, 11) is 2.03. The number of H-pyrrole nitrogens is 1. The molecule has 3 rings (SSSR count). The van der Waals surface area contributed by atoms with Crippen molar-refractivity contribution in [2.24, 2.45) is 0 Å². The molecule has 1 atom stereocenters. The van der Waals surface area contributed by atoms with Crippen LogP contribution in [0, 0.1) is 0 Å². The van der Waals surface area contributed by atoms with Gasteiger partial charge in [0.25, 0.3) is 0 Å². The van der Waals surface area contributed by atoms with Gasteiger partial charge in [0.05, 0.1) is 24.4 Å². The van der Waals surface area contributed by atoms with Crippen LogP contribution in [0.2, 0.25) is 0 Å². The Morgan fingerprint density at radius 1 is 1.27 bits per heavy atom. The molecule has 5 heteroatoms. The summed E-state index contributed by atoms with van der Waals surface area (Å²) in [5, 5.41) is 17.9. The van der Waals surface area contributed by atoms with E-state index in [1.165, 1.54) is 5.56 Å². The predicted octanol–water partition coefficient (Wildman–Crippen LogP) is 3.49. The number of rotatable bonds is 5. The van der Waals surface area contributed by atoms with Crippen LogP contribution in [0.25, 0.3) is 10.9 Å². The molecule has 1 aromatic heterocycles. The summed E-state index contributed by atoms with van der Waals surface area (Å²) in [6, 6.07) is 14.3. The number of nitrogens with zero attached hydrogens (tertiary/aromatic N) is 2. The Morgan fingerprint density at radius 3 is 2.91 bits per heavy atom. The summed E-state index contributed by atoms with van der Waals surface area (Å²) in [4.78, 5) is 2.15. The third-order valence-electron chi connectivity index (χ3n) is 3.88. The van der Waals surface area contributed by atoms with Gasteiger partial charge in [0.15, 0.2) is 0 Å². The molecule has 0 aliphatic rings. The fourth-order valence-electron chi connectivity index (χ4n) is 2.69. The van der Waals surface area contributed by atoms with E-state index in [1.807, 2.05) is 31.4 Å². The molecule has 0 saturated heterocycles.